The smallest absolute Gasteiger partial charge is 0.111 e. The number of rotatable bonds is 11. The molecule has 0 bridgehead atoms. The van der Waals surface area contributed by atoms with Gasteiger partial charge in [0.15, 0.2) is 0 Å². The maximum atomic E-state index is 9.91. The highest BCUT2D eigenvalue weighted by molar-refractivity contribution is 4.87. The number of aliphatic hydroxyl groups is 3. The van der Waals surface area contributed by atoms with Crippen molar-refractivity contribution in [3.63, 3.8) is 0 Å². The summed E-state index contributed by atoms with van der Waals surface area (Å²) in [5.74, 6) is 0. The van der Waals surface area contributed by atoms with Crippen LogP contribution in [0.2, 0.25) is 0 Å². The molecule has 130 valence electrons. The van der Waals surface area contributed by atoms with E-state index < -0.39 is 24.4 Å². The highest BCUT2D eigenvalue weighted by Gasteiger charge is 2.38. The zero-order chi connectivity index (χ0) is 16.2. The van der Waals surface area contributed by atoms with E-state index in [0.29, 0.717) is 6.61 Å². The van der Waals surface area contributed by atoms with Gasteiger partial charge >= 0.3 is 0 Å². The number of allylic oxidation sites excluding steroid dienone is 2. The van der Waals surface area contributed by atoms with Crippen molar-refractivity contribution >= 4 is 0 Å². The summed E-state index contributed by atoms with van der Waals surface area (Å²) in [5.41, 5.74) is 0. The Balaban J connectivity index is 2.01. The largest absolute Gasteiger partial charge is 0.394 e. The first-order chi connectivity index (χ1) is 10.7. The van der Waals surface area contributed by atoms with Crippen molar-refractivity contribution in [2.24, 2.45) is 0 Å². The topological polar surface area (TPSA) is 79.2 Å². The zero-order valence-electron chi connectivity index (χ0n) is 13.7. The van der Waals surface area contributed by atoms with Gasteiger partial charge in [-0.15, -0.1) is 0 Å². The van der Waals surface area contributed by atoms with Gasteiger partial charge in [0.25, 0.3) is 0 Å². The highest BCUT2D eigenvalue weighted by atomic mass is 16.6. The lowest BCUT2D eigenvalue weighted by Crippen LogP contribution is -2.55. The monoisotopic (exact) mass is 316 g/mol. The molecule has 1 saturated heterocycles. The minimum absolute atomic E-state index is 0.214. The average molecular weight is 316 g/mol. The molecule has 3 N–H and O–H groups in total. The number of hydrogen-bond donors (Lipinski definition) is 3. The molecular weight excluding hydrogens is 284 g/mol. The van der Waals surface area contributed by atoms with Gasteiger partial charge in [0.2, 0.25) is 0 Å². The van der Waals surface area contributed by atoms with Crippen molar-refractivity contribution in [2.75, 3.05) is 19.8 Å². The van der Waals surface area contributed by atoms with E-state index in [2.05, 4.69) is 19.1 Å². The second-order valence-electron chi connectivity index (χ2n) is 5.91. The molecule has 1 fully saturated rings. The van der Waals surface area contributed by atoms with E-state index in [0.717, 1.165) is 19.3 Å². The summed E-state index contributed by atoms with van der Waals surface area (Å²) in [4.78, 5) is 0. The molecule has 4 atom stereocenters. The zero-order valence-corrected chi connectivity index (χ0v) is 13.7. The van der Waals surface area contributed by atoms with Crippen molar-refractivity contribution in [1.82, 2.24) is 0 Å². The lowest BCUT2D eigenvalue weighted by Gasteiger charge is -2.36. The van der Waals surface area contributed by atoms with E-state index in [4.69, 9.17) is 14.6 Å². The normalized spacial score (nSPS) is 29.3. The summed E-state index contributed by atoms with van der Waals surface area (Å²) < 4.78 is 10.9. The molecular formula is C17H32O5. The van der Waals surface area contributed by atoms with Crippen LogP contribution in [0.1, 0.15) is 51.9 Å². The van der Waals surface area contributed by atoms with Crippen LogP contribution in [0, 0.1) is 0 Å². The molecule has 0 radical (unpaired) electrons. The fourth-order valence-corrected chi connectivity index (χ4v) is 2.52. The summed E-state index contributed by atoms with van der Waals surface area (Å²) in [5, 5.41) is 28.6. The van der Waals surface area contributed by atoms with Crippen LogP contribution in [0.3, 0.4) is 0 Å². The van der Waals surface area contributed by atoms with Gasteiger partial charge in [0.05, 0.1) is 13.2 Å². The molecule has 0 amide bonds. The number of ether oxygens (including phenoxy) is 2. The molecule has 0 aromatic rings. The average Bonchev–Trinajstić information content (AvgIpc) is 2.53. The molecule has 0 saturated carbocycles. The number of aliphatic hydroxyl groups excluding tert-OH is 3. The molecule has 22 heavy (non-hydrogen) atoms. The minimum atomic E-state index is -1.08. The van der Waals surface area contributed by atoms with Gasteiger partial charge in [-0.2, -0.15) is 0 Å². The molecule has 1 rings (SSSR count). The van der Waals surface area contributed by atoms with Crippen LogP contribution < -0.4 is 0 Å². The van der Waals surface area contributed by atoms with Crippen molar-refractivity contribution in [1.29, 1.82) is 0 Å². The third kappa shape index (κ3) is 7.20. The van der Waals surface area contributed by atoms with E-state index in [1.54, 1.807) is 0 Å². The Labute approximate surface area is 133 Å². The van der Waals surface area contributed by atoms with Crippen LogP contribution >= 0.6 is 0 Å². The first kappa shape index (κ1) is 19.6. The van der Waals surface area contributed by atoms with Crippen LogP contribution in [-0.4, -0.2) is 59.6 Å². The molecule has 0 spiro atoms. The maximum Gasteiger partial charge on any atom is 0.111 e. The summed E-state index contributed by atoms with van der Waals surface area (Å²) in [7, 11) is 0. The first-order valence-corrected chi connectivity index (χ1v) is 8.55. The Morgan fingerprint density at radius 3 is 2.50 bits per heavy atom. The fraction of sp³-hybridized carbons (Fsp3) is 0.882. The summed E-state index contributed by atoms with van der Waals surface area (Å²) in [6, 6.07) is 0. The van der Waals surface area contributed by atoms with E-state index in [1.165, 1.54) is 25.7 Å². The SMILES string of the molecule is CCC/C=C/CCCCCCO[C@H]1CO[C@H](CO)[C@@H](O)[C@@H]1O. The molecule has 1 aliphatic heterocycles. The lowest BCUT2D eigenvalue weighted by atomic mass is 10.0. The molecule has 1 aliphatic rings. The number of hydrogen-bond acceptors (Lipinski definition) is 5. The highest BCUT2D eigenvalue weighted by Crippen LogP contribution is 2.18. The Bertz CT molecular complexity index is 295. The van der Waals surface area contributed by atoms with Crippen molar-refractivity contribution in [3.05, 3.63) is 12.2 Å². The third-order valence-electron chi connectivity index (χ3n) is 3.99. The van der Waals surface area contributed by atoms with Gasteiger partial charge in [-0.3, -0.25) is 0 Å². The molecule has 0 aromatic heterocycles. The van der Waals surface area contributed by atoms with Gasteiger partial charge < -0.3 is 24.8 Å². The van der Waals surface area contributed by atoms with E-state index in [-0.39, 0.29) is 13.2 Å². The van der Waals surface area contributed by atoms with Crippen LogP contribution in [-0.2, 0) is 9.47 Å². The van der Waals surface area contributed by atoms with Crippen LogP contribution in [0.25, 0.3) is 0 Å². The standard InChI is InChI=1S/C17H32O5/c1-2-3-4-5-6-7-8-9-10-11-21-15-13-22-14(12-18)16(19)17(15)20/h4-5,14-20H,2-3,6-13H2,1H3/b5-4+/t14-,15+,16-,17-/m1/s1. The molecule has 0 unspecified atom stereocenters. The second kappa shape index (κ2) is 12.0. The Morgan fingerprint density at radius 1 is 1.05 bits per heavy atom. The molecule has 5 heteroatoms. The van der Waals surface area contributed by atoms with Crippen molar-refractivity contribution < 1.29 is 24.8 Å². The van der Waals surface area contributed by atoms with Gasteiger partial charge in [0.1, 0.15) is 24.4 Å². The molecule has 5 nitrogen and oxygen atoms in total. The van der Waals surface area contributed by atoms with Crippen LogP contribution in [0.5, 0.6) is 0 Å². The van der Waals surface area contributed by atoms with Crippen LogP contribution in [0.4, 0.5) is 0 Å². The summed E-state index contributed by atoms with van der Waals surface area (Å²) >= 11 is 0. The quantitative estimate of drug-likeness (QED) is 0.400. The third-order valence-corrected chi connectivity index (χ3v) is 3.99. The first-order valence-electron chi connectivity index (χ1n) is 8.55. The van der Waals surface area contributed by atoms with Gasteiger partial charge in [-0.1, -0.05) is 38.3 Å². The lowest BCUT2D eigenvalue weighted by molar-refractivity contribution is -0.208. The van der Waals surface area contributed by atoms with Crippen LogP contribution in [0.15, 0.2) is 12.2 Å². The maximum absolute atomic E-state index is 9.91. The fourth-order valence-electron chi connectivity index (χ4n) is 2.52. The molecule has 0 aromatic carbocycles. The predicted molar refractivity (Wildman–Crippen MR) is 85.7 cm³/mol. The Morgan fingerprint density at radius 2 is 1.77 bits per heavy atom. The van der Waals surface area contributed by atoms with E-state index >= 15 is 0 Å². The van der Waals surface area contributed by atoms with E-state index in [9.17, 15) is 10.2 Å². The molecule has 1 heterocycles. The van der Waals surface area contributed by atoms with E-state index in [1.807, 2.05) is 0 Å². The second-order valence-corrected chi connectivity index (χ2v) is 5.91. The minimum Gasteiger partial charge on any atom is -0.394 e. The van der Waals surface area contributed by atoms with Crippen molar-refractivity contribution in [3.8, 4) is 0 Å². The summed E-state index contributed by atoms with van der Waals surface area (Å²) in [6.45, 7) is 2.66. The van der Waals surface area contributed by atoms with Gasteiger partial charge in [-0.05, 0) is 25.7 Å². The number of unbranched alkanes of at least 4 members (excludes halogenated alkanes) is 5. The van der Waals surface area contributed by atoms with Crippen molar-refractivity contribution in [2.45, 2.75) is 76.3 Å². The molecule has 0 aliphatic carbocycles. The predicted octanol–water partition coefficient (Wildman–Crippen LogP) is 1.79. The Hall–Kier alpha value is -0.460. The summed E-state index contributed by atoms with van der Waals surface area (Å²) in [6.07, 6.45) is 9.16. The Kier molecular flexibility index (Phi) is 10.7. The van der Waals surface area contributed by atoms with Gasteiger partial charge in [0, 0.05) is 6.61 Å². The van der Waals surface area contributed by atoms with Gasteiger partial charge in [-0.25, -0.2) is 0 Å².